The van der Waals surface area contributed by atoms with E-state index in [4.69, 9.17) is 86.4 Å². The van der Waals surface area contributed by atoms with Gasteiger partial charge in [-0.15, -0.1) is 0 Å². The normalized spacial score (nSPS) is 31.1. The van der Waals surface area contributed by atoms with Gasteiger partial charge < -0.3 is 144 Å². The summed E-state index contributed by atoms with van der Waals surface area (Å²) in [6.45, 7) is 0.0331. The SMILES string of the molecule is CCCCCCCCCCCCCCCCCC(=O)OC[C@H](COP(=O)(O)O[C@H]1[C@H](O[C@H]2O[C@H](CO)[C@@H](O[C@H]3O[C@H](CO[C@H]4O[C@H](CO)[C@@H](O)[C@H](O)[C@@H]4O[C@H]4O[C@H](COP(=O)(O)OCCN)[C@@H](O)[C@H](O)[C@@H]4O)[C@@H](O)[C@H](O)[C@@H]3O)[C@H](O)[C@H]2N)[C@@H](OCc2ccccc2)[C@H](O)[C@@H](O)[C@H]1OC(=O)CCCCCCCCCCCCC)OC(=O)CCCCCCCCCCCCCCCCC. The van der Waals surface area contributed by atoms with Crippen LogP contribution in [0.1, 0.15) is 309 Å². The number of phosphoric ester groups is 2. The van der Waals surface area contributed by atoms with Crippen molar-refractivity contribution in [1.29, 1.82) is 0 Å². The van der Waals surface area contributed by atoms with Crippen LogP contribution in [0, 0.1) is 0 Å². The van der Waals surface area contributed by atoms with E-state index < -0.39 is 245 Å². The first-order valence-corrected chi connectivity index (χ1v) is 52.4. The summed E-state index contributed by atoms with van der Waals surface area (Å²) in [6, 6.07) is 6.46. The smallest absolute Gasteiger partial charge is 0.462 e. The van der Waals surface area contributed by atoms with E-state index in [0.29, 0.717) is 37.7 Å². The number of carbonyl (C=O) groups excluding carboxylic acids is 3. The number of rotatable bonds is 73. The highest BCUT2D eigenvalue weighted by molar-refractivity contribution is 7.47. The maximum Gasteiger partial charge on any atom is 0.472 e. The van der Waals surface area contributed by atoms with E-state index in [1.165, 1.54) is 128 Å². The van der Waals surface area contributed by atoms with Gasteiger partial charge in [-0.25, -0.2) is 9.13 Å². The number of aliphatic hydroxyl groups is 13. The molecule has 38 nitrogen and oxygen atoms in total. The van der Waals surface area contributed by atoms with Gasteiger partial charge in [0, 0.05) is 25.8 Å². The number of nitrogens with two attached hydrogens (primary N) is 2. The first-order chi connectivity index (χ1) is 63.5. The van der Waals surface area contributed by atoms with Gasteiger partial charge in [0.1, 0.15) is 129 Å². The molecule has 1 aliphatic carbocycles. The van der Waals surface area contributed by atoms with Crippen LogP contribution in [0.25, 0.3) is 0 Å². The molecule has 0 radical (unpaired) electrons. The highest BCUT2D eigenvalue weighted by atomic mass is 31.2. The molecule has 1 aromatic rings. The molecule has 5 fully saturated rings. The summed E-state index contributed by atoms with van der Waals surface area (Å²) in [6.07, 6.45) is -9.30. The minimum Gasteiger partial charge on any atom is -0.462 e. The lowest BCUT2D eigenvalue weighted by Crippen LogP contribution is -2.70. The van der Waals surface area contributed by atoms with Crippen LogP contribution in [-0.2, 0) is 105 Å². The van der Waals surface area contributed by atoms with E-state index in [1.54, 1.807) is 30.3 Å². The Morgan fingerprint density at radius 2 is 0.765 bits per heavy atom. The van der Waals surface area contributed by atoms with Crippen LogP contribution in [0.5, 0.6) is 0 Å². The van der Waals surface area contributed by atoms with Crippen molar-refractivity contribution in [3.63, 3.8) is 0 Å². The maximum absolute atomic E-state index is 15.0. The van der Waals surface area contributed by atoms with Crippen molar-refractivity contribution in [2.75, 3.05) is 52.8 Å². The molecule has 4 aliphatic heterocycles. The maximum atomic E-state index is 15.0. The molecule has 2 unspecified atom stereocenters. The van der Waals surface area contributed by atoms with E-state index in [0.717, 1.165) is 103 Å². The molecule has 770 valence electrons. The number of hydrogen-bond donors (Lipinski definition) is 17. The van der Waals surface area contributed by atoms with E-state index in [1.807, 2.05) is 0 Å². The van der Waals surface area contributed by atoms with E-state index in [2.05, 4.69) is 20.8 Å². The lowest BCUT2D eigenvalue weighted by molar-refractivity contribution is -0.377. The Hall–Kier alpha value is -3.11. The zero-order valence-corrected chi connectivity index (χ0v) is 80.1. The van der Waals surface area contributed by atoms with E-state index >= 15 is 4.57 Å². The molecule has 1 saturated carbocycles. The Labute approximate surface area is 780 Å². The molecule has 40 heteroatoms. The summed E-state index contributed by atoms with van der Waals surface area (Å²) in [5.74, 6) is -2.28. The van der Waals surface area contributed by atoms with Gasteiger partial charge in [0.25, 0.3) is 0 Å². The van der Waals surface area contributed by atoms with Crippen molar-refractivity contribution in [2.45, 2.75) is 475 Å². The first kappa shape index (κ1) is 118. The molecule has 0 aromatic heterocycles. The number of esters is 3. The standard InChI is InChI=1S/C92H166N2O36P2/c1-4-7-10-13-16-19-22-24-26-28-31-33-36-39-45-50-68(97)115-58-63(121-69(98)51-46-40-37-35-32-29-27-25-23-20-17-14-11-8-5-2)59-119-132(113,114)130-88-85(126-70(99)52-47-41-38-34-30-21-18-15-12-9-6-3)80(108)79(107)84(116-57-62-48-43-42-44-49-62)87(88)129-89-71(94)75(103)83(65(56-96)123-89)127-90-81(109)76(104)73(101)66(124-90)60-117-92-86(78(106)72(100)64(55-95)122-92)128-91-82(110)77(105)74(102)67(125-91)61-120-131(111,112)118-54-53-93/h42-44,48-49,63-67,71-92,95-96,100-110H,4-41,45-47,50-61,93-94H2,1-3H3,(H,111,112)(H,113,114)/t63-,64-,65-,66-,67-,71-,72-,73-,74-,75-,76+,77+,78+,79-,80-,81+,82+,83-,84+,85-,86+,87-,88-,89-,90-,91-,92+/m1/s1. The Morgan fingerprint density at radius 1 is 0.371 bits per heavy atom. The molecular weight excluding hydrogens is 1770 g/mol. The third-order valence-corrected chi connectivity index (χ3v) is 27.0. The summed E-state index contributed by atoms with van der Waals surface area (Å²) in [7, 11) is -10.6. The lowest BCUT2D eigenvalue weighted by atomic mass is 9.84. The summed E-state index contributed by atoms with van der Waals surface area (Å²) in [5, 5.41) is 148. The fourth-order valence-corrected chi connectivity index (χ4v) is 18.7. The molecule has 132 heavy (non-hydrogen) atoms. The van der Waals surface area contributed by atoms with E-state index in [-0.39, 0.29) is 32.4 Å². The van der Waals surface area contributed by atoms with Gasteiger partial charge in [-0.3, -0.25) is 32.5 Å². The summed E-state index contributed by atoms with van der Waals surface area (Å²) in [4.78, 5) is 63.7. The molecule has 19 N–H and O–H groups in total. The predicted molar refractivity (Wildman–Crippen MR) is 481 cm³/mol. The molecular formula is C92H166N2O36P2. The van der Waals surface area contributed by atoms with Gasteiger partial charge in [0.05, 0.1) is 52.3 Å². The van der Waals surface area contributed by atoms with Crippen LogP contribution >= 0.6 is 15.6 Å². The number of hydrogen-bond acceptors (Lipinski definition) is 36. The minimum atomic E-state index is -5.74. The monoisotopic (exact) mass is 1940 g/mol. The lowest BCUT2D eigenvalue weighted by Gasteiger charge is -2.50. The fraction of sp³-hybridized carbons (Fsp3) is 0.902. The first-order valence-electron chi connectivity index (χ1n) is 49.4. The van der Waals surface area contributed by atoms with Crippen molar-refractivity contribution in [1.82, 2.24) is 0 Å². The van der Waals surface area contributed by atoms with Crippen LogP contribution in [0.2, 0.25) is 0 Å². The second-order valence-electron chi connectivity index (χ2n) is 36.1. The second kappa shape index (κ2) is 66.6. The van der Waals surface area contributed by atoms with Gasteiger partial charge in [0.2, 0.25) is 0 Å². The van der Waals surface area contributed by atoms with Crippen molar-refractivity contribution in [3.8, 4) is 0 Å². The van der Waals surface area contributed by atoms with Crippen LogP contribution in [0.3, 0.4) is 0 Å². The molecule has 1 aromatic carbocycles. The van der Waals surface area contributed by atoms with Crippen molar-refractivity contribution in [2.24, 2.45) is 11.5 Å². The predicted octanol–water partition coefficient (Wildman–Crippen LogP) is 8.12. The molecule has 4 saturated heterocycles. The van der Waals surface area contributed by atoms with Crippen LogP contribution < -0.4 is 11.5 Å². The molecule has 5 aliphatic rings. The Balaban J connectivity index is 1.22. The molecule has 0 bridgehead atoms. The van der Waals surface area contributed by atoms with Gasteiger partial charge in [0.15, 0.2) is 37.4 Å². The summed E-state index contributed by atoms with van der Waals surface area (Å²) < 4.78 is 120. The summed E-state index contributed by atoms with van der Waals surface area (Å²) >= 11 is 0. The second-order valence-corrected chi connectivity index (χ2v) is 38.9. The third-order valence-electron chi connectivity index (χ3n) is 25.0. The summed E-state index contributed by atoms with van der Waals surface area (Å²) in [5.41, 5.74) is 12.6. The van der Waals surface area contributed by atoms with E-state index in [9.17, 15) is 95.1 Å². The number of benzene rings is 1. The van der Waals surface area contributed by atoms with Crippen molar-refractivity contribution < 1.29 is 175 Å². The number of aliphatic hydroxyl groups excluding tert-OH is 13. The third kappa shape index (κ3) is 42.7. The molecule has 29 atom stereocenters. The minimum absolute atomic E-state index is 0.0322. The molecule has 4 heterocycles. The number of carbonyl (C=O) groups is 3. The molecule has 0 spiro atoms. The average Bonchev–Trinajstić information content (AvgIpc) is 0.758. The zero-order chi connectivity index (χ0) is 96.2. The van der Waals surface area contributed by atoms with Crippen LogP contribution in [0.15, 0.2) is 30.3 Å². The largest absolute Gasteiger partial charge is 0.472 e. The number of ether oxygens (including phenoxy) is 12. The van der Waals surface area contributed by atoms with Crippen molar-refractivity contribution in [3.05, 3.63) is 35.9 Å². The number of phosphoric acid groups is 2. The fourth-order valence-electron chi connectivity index (χ4n) is 17.0. The average molecular weight is 1940 g/mol. The van der Waals surface area contributed by atoms with Crippen LogP contribution in [0.4, 0.5) is 0 Å². The Bertz CT molecular complexity index is 3270. The van der Waals surface area contributed by atoms with Gasteiger partial charge >= 0.3 is 33.6 Å². The molecule has 0 amide bonds. The Kier molecular flexibility index (Phi) is 59.3. The number of unbranched alkanes of at least 4 members (excludes halogenated alkanes) is 38. The van der Waals surface area contributed by atoms with Crippen molar-refractivity contribution >= 4 is 33.6 Å². The zero-order valence-electron chi connectivity index (χ0n) is 78.3. The quantitative estimate of drug-likeness (QED) is 0.0127. The van der Waals surface area contributed by atoms with Crippen LogP contribution in [-0.4, -0.2) is 312 Å². The van der Waals surface area contributed by atoms with Gasteiger partial charge in [-0.1, -0.05) is 295 Å². The van der Waals surface area contributed by atoms with Gasteiger partial charge in [-0.2, -0.15) is 0 Å². The highest BCUT2D eigenvalue weighted by Crippen LogP contribution is 2.50. The highest BCUT2D eigenvalue weighted by Gasteiger charge is 2.60. The topological polar surface area (TPSA) is 589 Å². The van der Waals surface area contributed by atoms with Gasteiger partial charge in [-0.05, 0) is 24.8 Å². The Morgan fingerprint density at radius 3 is 1.23 bits per heavy atom. The molecule has 6 rings (SSSR count).